The van der Waals surface area contributed by atoms with Gasteiger partial charge in [0.1, 0.15) is 6.04 Å². The first kappa shape index (κ1) is 17.4. The van der Waals surface area contributed by atoms with Crippen molar-refractivity contribution < 1.29 is 24.6 Å². The lowest BCUT2D eigenvalue weighted by atomic mass is 10.2. The molecule has 0 fully saturated rings. The summed E-state index contributed by atoms with van der Waals surface area (Å²) >= 11 is 0. The first-order valence-electron chi connectivity index (χ1n) is 6.37. The van der Waals surface area contributed by atoms with E-state index in [4.69, 9.17) is 10.2 Å². The number of amides is 2. The Morgan fingerprint density at radius 2 is 1.68 bits per heavy atom. The summed E-state index contributed by atoms with van der Waals surface area (Å²) in [7, 11) is 0. The summed E-state index contributed by atoms with van der Waals surface area (Å²) in [6, 6.07) is -0.950. The number of carbonyl (C=O) groups is 3. The summed E-state index contributed by atoms with van der Waals surface area (Å²) < 4.78 is 0. The Labute approximate surface area is 112 Å². The second kappa shape index (κ2) is 10.3. The summed E-state index contributed by atoms with van der Waals surface area (Å²) in [6.07, 6.45) is 2.35. The summed E-state index contributed by atoms with van der Waals surface area (Å²) in [5.41, 5.74) is 0. The molecule has 1 unspecified atom stereocenters. The predicted molar refractivity (Wildman–Crippen MR) is 68.4 cm³/mol. The minimum absolute atomic E-state index is 0.0277. The smallest absolute Gasteiger partial charge is 0.325 e. The van der Waals surface area contributed by atoms with Gasteiger partial charge in [0, 0.05) is 26.0 Å². The molecular formula is C12H22N2O5. The molecule has 0 aliphatic rings. The number of carbonyl (C=O) groups excluding carboxylic acids is 2. The van der Waals surface area contributed by atoms with E-state index in [1.807, 2.05) is 0 Å². The largest absolute Gasteiger partial charge is 0.480 e. The number of nitrogens with one attached hydrogen (secondary N) is 2. The van der Waals surface area contributed by atoms with Gasteiger partial charge in [-0.15, -0.1) is 0 Å². The van der Waals surface area contributed by atoms with Crippen LogP contribution in [0.15, 0.2) is 0 Å². The third kappa shape index (κ3) is 10.0. The molecule has 0 aromatic rings. The molecule has 4 N–H and O–H groups in total. The van der Waals surface area contributed by atoms with E-state index in [0.29, 0.717) is 13.0 Å². The normalized spacial score (nSPS) is 11.7. The Morgan fingerprint density at radius 1 is 1.05 bits per heavy atom. The van der Waals surface area contributed by atoms with Gasteiger partial charge in [-0.1, -0.05) is 0 Å². The zero-order valence-electron chi connectivity index (χ0n) is 11.1. The summed E-state index contributed by atoms with van der Waals surface area (Å²) in [4.78, 5) is 33.1. The van der Waals surface area contributed by atoms with Crippen LogP contribution in [-0.2, 0) is 14.4 Å². The van der Waals surface area contributed by atoms with Crippen LogP contribution in [0.3, 0.4) is 0 Å². The third-order valence-electron chi connectivity index (χ3n) is 2.48. The number of aliphatic hydroxyl groups is 1. The Bertz CT molecular complexity index is 306. The van der Waals surface area contributed by atoms with Crippen molar-refractivity contribution in [3.05, 3.63) is 0 Å². The van der Waals surface area contributed by atoms with Crippen LogP contribution in [0, 0.1) is 0 Å². The van der Waals surface area contributed by atoms with Gasteiger partial charge >= 0.3 is 5.97 Å². The highest BCUT2D eigenvalue weighted by Gasteiger charge is 2.14. The van der Waals surface area contributed by atoms with Crippen molar-refractivity contribution in [1.29, 1.82) is 0 Å². The Morgan fingerprint density at radius 3 is 2.26 bits per heavy atom. The van der Waals surface area contributed by atoms with E-state index < -0.39 is 17.9 Å². The van der Waals surface area contributed by atoms with E-state index in [0.717, 1.165) is 12.8 Å². The van der Waals surface area contributed by atoms with Gasteiger partial charge in [-0.3, -0.25) is 14.4 Å². The fourth-order valence-electron chi connectivity index (χ4n) is 1.33. The molecule has 2 amide bonds. The molecule has 110 valence electrons. The molecule has 0 heterocycles. The maximum absolute atomic E-state index is 11.3. The third-order valence-corrected chi connectivity index (χ3v) is 2.48. The number of unbranched alkanes of at least 4 members (excludes halogenated alkanes) is 2. The average Bonchev–Trinajstić information content (AvgIpc) is 2.36. The monoisotopic (exact) mass is 274 g/mol. The fraction of sp³-hybridized carbons (Fsp3) is 0.750. The van der Waals surface area contributed by atoms with E-state index >= 15 is 0 Å². The van der Waals surface area contributed by atoms with Crippen LogP contribution in [0.1, 0.15) is 39.0 Å². The van der Waals surface area contributed by atoms with Gasteiger partial charge in [-0.05, 0) is 26.2 Å². The van der Waals surface area contributed by atoms with Crippen molar-refractivity contribution in [2.75, 3.05) is 13.2 Å². The van der Waals surface area contributed by atoms with Crippen molar-refractivity contribution in [1.82, 2.24) is 10.6 Å². The lowest BCUT2D eigenvalue weighted by Crippen LogP contribution is -2.38. The molecular weight excluding hydrogens is 252 g/mol. The molecule has 7 nitrogen and oxygen atoms in total. The number of hydrogen-bond acceptors (Lipinski definition) is 4. The van der Waals surface area contributed by atoms with E-state index in [2.05, 4.69) is 10.6 Å². The van der Waals surface area contributed by atoms with Crippen LogP contribution in [-0.4, -0.2) is 47.2 Å². The quantitative estimate of drug-likeness (QED) is 0.406. The zero-order chi connectivity index (χ0) is 14.7. The number of aliphatic hydroxyl groups excluding tert-OH is 1. The molecule has 0 rings (SSSR count). The molecule has 0 aliphatic heterocycles. The van der Waals surface area contributed by atoms with Gasteiger partial charge in [0.05, 0.1) is 0 Å². The molecule has 0 spiro atoms. The van der Waals surface area contributed by atoms with Crippen molar-refractivity contribution >= 4 is 17.8 Å². The maximum atomic E-state index is 11.3. The lowest BCUT2D eigenvalue weighted by molar-refractivity contribution is -0.141. The van der Waals surface area contributed by atoms with Crippen LogP contribution in [0.5, 0.6) is 0 Å². The standard InChI is InChI=1S/C12H22N2O5/c1-9(12(18)19)14-11(17)6-5-10(16)13-7-3-2-4-8-15/h9,15H,2-8H2,1H3,(H,13,16)(H,14,17)(H,18,19). The van der Waals surface area contributed by atoms with Crippen LogP contribution < -0.4 is 10.6 Å². The van der Waals surface area contributed by atoms with Crippen LogP contribution in [0.2, 0.25) is 0 Å². The van der Waals surface area contributed by atoms with E-state index in [9.17, 15) is 14.4 Å². The number of hydrogen-bond donors (Lipinski definition) is 4. The molecule has 0 aromatic heterocycles. The minimum atomic E-state index is -1.11. The van der Waals surface area contributed by atoms with Crippen LogP contribution in [0.4, 0.5) is 0 Å². The van der Waals surface area contributed by atoms with Crippen molar-refractivity contribution in [2.45, 2.75) is 45.1 Å². The SMILES string of the molecule is CC(NC(=O)CCC(=O)NCCCCCO)C(=O)O. The summed E-state index contributed by atoms with van der Waals surface area (Å²) in [6.45, 7) is 2.03. The van der Waals surface area contributed by atoms with Crippen molar-refractivity contribution in [3.8, 4) is 0 Å². The number of aliphatic carboxylic acids is 1. The molecule has 0 aromatic carbocycles. The number of carboxylic acids is 1. The molecule has 0 aliphatic carbocycles. The highest BCUT2D eigenvalue weighted by atomic mass is 16.4. The highest BCUT2D eigenvalue weighted by Crippen LogP contribution is 1.94. The van der Waals surface area contributed by atoms with Crippen molar-refractivity contribution in [3.63, 3.8) is 0 Å². The van der Waals surface area contributed by atoms with E-state index in [1.165, 1.54) is 6.92 Å². The number of carboxylic acid groups (broad SMARTS) is 1. The van der Waals surface area contributed by atoms with E-state index in [1.54, 1.807) is 0 Å². The predicted octanol–water partition coefficient (Wildman–Crippen LogP) is -0.365. The molecule has 0 saturated heterocycles. The first-order valence-corrected chi connectivity index (χ1v) is 6.37. The molecule has 19 heavy (non-hydrogen) atoms. The first-order chi connectivity index (χ1) is 8.97. The molecule has 1 atom stereocenters. The second-order valence-corrected chi connectivity index (χ2v) is 4.26. The topological polar surface area (TPSA) is 116 Å². The molecule has 0 radical (unpaired) electrons. The summed E-state index contributed by atoms with van der Waals surface area (Å²) in [5.74, 6) is -1.80. The number of rotatable bonds is 10. The molecule has 0 bridgehead atoms. The van der Waals surface area contributed by atoms with Gasteiger partial charge in [-0.2, -0.15) is 0 Å². The Balaban J connectivity index is 3.61. The Kier molecular flexibility index (Phi) is 9.42. The van der Waals surface area contributed by atoms with Gasteiger partial charge in [0.15, 0.2) is 0 Å². The second-order valence-electron chi connectivity index (χ2n) is 4.26. The highest BCUT2D eigenvalue weighted by molar-refractivity contribution is 5.86. The Hall–Kier alpha value is -1.63. The average molecular weight is 274 g/mol. The van der Waals surface area contributed by atoms with E-state index in [-0.39, 0.29) is 25.4 Å². The lowest BCUT2D eigenvalue weighted by Gasteiger charge is -2.09. The molecule has 7 heteroatoms. The van der Waals surface area contributed by atoms with Crippen LogP contribution >= 0.6 is 0 Å². The van der Waals surface area contributed by atoms with Gasteiger partial charge < -0.3 is 20.8 Å². The summed E-state index contributed by atoms with van der Waals surface area (Å²) in [5, 5.41) is 22.1. The van der Waals surface area contributed by atoms with Gasteiger partial charge in [0.25, 0.3) is 0 Å². The minimum Gasteiger partial charge on any atom is -0.480 e. The van der Waals surface area contributed by atoms with Crippen molar-refractivity contribution in [2.24, 2.45) is 0 Å². The van der Waals surface area contributed by atoms with Crippen LogP contribution in [0.25, 0.3) is 0 Å². The zero-order valence-corrected chi connectivity index (χ0v) is 11.1. The maximum Gasteiger partial charge on any atom is 0.325 e. The van der Waals surface area contributed by atoms with Gasteiger partial charge in [-0.25, -0.2) is 0 Å². The fourth-order valence-corrected chi connectivity index (χ4v) is 1.33. The molecule has 0 saturated carbocycles. The van der Waals surface area contributed by atoms with Gasteiger partial charge in [0.2, 0.25) is 11.8 Å².